The van der Waals surface area contributed by atoms with Crippen molar-refractivity contribution in [3.63, 3.8) is 0 Å². The molecule has 0 aliphatic carbocycles. The lowest BCUT2D eigenvalue weighted by Crippen LogP contribution is -2.04. The van der Waals surface area contributed by atoms with E-state index in [4.69, 9.17) is 27.9 Å². The van der Waals surface area contributed by atoms with Gasteiger partial charge in [-0.3, -0.25) is 0 Å². The Labute approximate surface area is 135 Å². The summed E-state index contributed by atoms with van der Waals surface area (Å²) in [6.07, 6.45) is 0.980. The summed E-state index contributed by atoms with van der Waals surface area (Å²) >= 11 is 12.3. The van der Waals surface area contributed by atoms with Crippen LogP contribution in [0.3, 0.4) is 0 Å². The predicted molar refractivity (Wildman–Crippen MR) is 89.0 cm³/mol. The number of anilines is 1. The molecule has 1 aromatic heterocycles. The molecule has 5 heteroatoms. The number of aromatic nitrogens is 1. The second-order valence-electron chi connectivity index (χ2n) is 4.83. The summed E-state index contributed by atoms with van der Waals surface area (Å²) in [6.45, 7) is 6.90. The Morgan fingerprint density at radius 3 is 2.67 bits per heavy atom. The number of hydrogen-bond donors (Lipinski definition) is 1. The van der Waals surface area contributed by atoms with E-state index in [9.17, 15) is 0 Å². The van der Waals surface area contributed by atoms with Crippen LogP contribution in [-0.4, -0.2) is 11.5 Å². The minimum atomic E-state index is 0.355. The van der Waals surface area contributed by atoms with Crippen LogP contribution in [0.1, 0.15) is 24.5 Å². The Morgan fingerprint density at radius 2 is 1.95 bits per heavy atom. The third-order valence-corrected chi connectivity index (χ3v) is 3.76. The second-order valence-corrected chi connectivity index (χ2v) is 5.65. The van der Waals surface area contributed by atoms with Gasteiger partial charge in [0.05, 0.1) is 5.02 Å². The highest BCUT2D eigenvalue weighted by Gasteiger charge is 2.12. The maximum atomic E-state index is 6.18. The number of hydrogen-bond acceptors (Lipinski definition) is 3. The zero-order valence-corrected chi connectivity index (χ0v) is 13.8. The molecule has 0 spiro atoms. The van der Waals surface area contributed by atoms with Crippen molar-refractivity contribution in [2.45, 2.75) is 27.2 Å². The summed E-state index contributed by atoms with van der Waals surface area (Å²) in [5.74, 6) is 1.68. The molecule has 0 aliphatic heterocycles. The molecule has 0 atom stereocenters. The molecule has 0 bridgehead atoms. The summed E-state index contributed by atoms with van der Waals surface area (Å²) in [7, 11) is 0. The van der Waals surface area contributed by atoms with Crippen molar-refractivity contribution in [3.05, 3.63) is 45.4 Å². The van der Waals surface area contributed by atoms with E-state index in [1.54, 1.807) is 6.07 Å². The molecule has 1 heterocycles. The Balaban J connectivity index is 2.33. The van der Waals surface area contributed by atoms with Crippen LogP contribution < -0.4 is 10.1 Å². The van der Waals surface area contributed by atoms with E-state index in [0.29, 0.717) is 21.7 Å². The van der Waals surface area contributed by atoms with Gasteiger partial charge < -0.3 is 10.1 Å². The van der Waals surface area contributed by atoms with Crippen LogP contribution >= 0.6 is 23.2 Å². The van der Waals surface area contributed by atoms with Gasteiger partial charge in [0.1, 0.15) is 16.6 Å². The van der Waals surface area contributed by atoms with Gasteiger partial charge in [0.25, 0.3) is 0 Å². The molecule has 0 fully saturated rings. The first-order valence-corrected chi connectivity index (χ1v) is 7.62. The Kier molecular flexibility index (Phi) is 5.32. The minimum absolute atomic E-state index is 0.355. The number of benzene rings is 1. The summed E-state index contributed by atoms with van der Waals surface area (Å²) < 4.78 is 5.85. The van der Waals surface area contributed by atoms with Crippen LogP contribution in [0.15, 0.2) is 24.3 Å². The molecular formula is C16H18Cl2N2O. The molecule has 3 nitrogen and oxygen atoms in total. The first-order chi connectivity index (χ1) is 10.0. The molecule has 0 amide bonds. The van der Waals surface area contributed by atoms with E-state index in [1.165, 1.54) is 0 Å². The highest BCUT2D eigenvalue weighted by atomic mass is 35.5. The highest BCUT2D eigenvalue weighted by molar-refractivity contribution is 6.36. The van der Waals surface area contributed by atoms with Gasteiger partial charge in [-0.1, -0.05) is 42.3 Å². The molecular weight excluding hydrogens is 307 g/mol. The third kappa shape index (κ3) is 3.80. The van der Waals surface area contributed by atoms with Crippen LogP contribution in [0.2, 0.25) is 10.0 Å². The van der Waals surface area contributed by atoms with Crippen LogP contribution in [0.4, 0.5) is 5.82 Å². The molecule has 0 saturated carbocycles. The summed E-state index contributed by atoms with van der Waals surface area (Å²) in [5, 5.41) is 4.04. The molecule has 0 saturated heterocycles. The molecule has 0 aliphatic rings. The molecule has 2 aromatic rings. The average Bonchev–Trinajstić information content (AvgIpc) is 2.45. The number of aryl methyl sites for hydroxylation is 1. The summed E-state index contributed by atoms with van der Waals surface area (Å²) in [6, 6.07) is 7.52. The SMILES string of the molecule is CCCNc1nc(Oc2cccc(C)c2C)c(Cl)cc1Cl. The fourth-order valence-corrected chi connectivity index (χ4v) is 2.29. The normalized spacial score (nSPS) is 10.5. The van der Waals surface area contributed by atoms with E-state index >= 15 is 0 Å². The molecule has 21 heavy (non-hydrogen) atoms. The summed E-state index contributed by atoms with van der Waals surface area (Å²) in [5.41, 5.74) is 2.22. The maximum absolute atomic E-state index is 6.18. The quantitative estimate of drug-likeness (QED) is 0.775. The Morgan fingerprint density at radius 1 is 1.19 bits per heavy atom. The van der Waals surface area contributed by atoms with Crippen molar-refractivity contribution in [1.82, 2.24) is 4.98 Å². The first-order valence-electron chi connectivity index (χ1n) is 6.87. The van der Waals surface area contributed by atoms with Gasteiger partial charge in [-0.15, -0.1) is 0 Å². The largest absolute Gasteiger partial charge is 0.437 e. The number of pyridine rings is 1. The van der Waals surface area contributed by atoms with E-state index < -0.39 is 0 Å². The van der Waals surface area contributed by atoms with Gasteiger partial charge >= 0.3 is 0 Å². The number of nitrogens with one attached hydrogen (secondary N) is 1. The van der Waals surface area contributed by atoms with E-state index in [2.05, 4.69) is 17.2 Å². The van der Waals surface area contributed by atoms with Crippen molar-refractivity contribution in [3.8, 4) is 11.6 Å². The summed E-state index contributed by atoms with van der Waals surface area (Å²) in [4.78, 5) is 4.38. The van der Waals surface area contributed by atoms with E-state index in [1.807, 2.05) is 32.0 Å². The average molecular weight is 325 g/mol. The van der Waals surface area contributed by atoms with Crippen molar-refractivity contribution in [2.24, 2.45) is 0 Å². The zero-order chi connectivity index (χ0) is 15.4. The molecule has 0 radical (unpaired) electrons. The standard InChI is InChI=1S/C16H18Cl2N2O/c1-4-8-19-15-12(17)9-13(18)16(20-15)21-14-7-5-6-10(2)11(14)3/h5-7,9H,4,8H2,1-3H3,(H,19,20). The topological polar surface area (TPSA) is 34.2 Å². The van der Waals surface area contributed by atoms with Crippen molar-refractivity contribution < 1.29 is 4.74 Å². The van der Waals surface area contributed by atoms with Crippen LogP contribution in [-0.2, 0) is 0 Å². The molecule has 112 valence electrons. The lowest BCUT2D eigenvalue weighted by Gasteiger charge is -2.13. The number of halogens is 2. The molecule has 0 unspecified atom stereocenters. The van der Waals surface area contributed by atoms with E-state index in [-0.39, 0.29) is 0 Å². The van der Waals surface area contributed by atoms with Crippen molar-refractivity contribution in [2.75, 3.05) is 11.9 Å². The zero-order valence-electron chi connectivity index (χ0n) is 12.3. The Hall–Kier alpha value is -1.45. The van der Waals surface area contributed by atoms with Gasteiger partial charge in [-0.25, -0.2) is 0 Å². The molecule has 1 aromatic carbocycles. The fourth-order valence-electron chi connectivity index (χ4n) is 1.83. The highest BCUT2D eigenvalue weighted by Crippen LogP contribution is 2.34. The first kappa shape index (κ1) is 15.9. The smallest absolute Gasteiger partial charge is 0.240 e. The predicted octanol–water partition coefficient (Wildman–Crippen LogP) is 5.62. The van der Waals surface area contributed by atoms with Crippen molar-refractivity contribution in [1.29, 1.82) is 0 Å². The number of nitrogens with zero attached hydrogens (tertiary/aromatic N) is 1. The number of ether oxygens (including phenoxy) is 1. The van der Waals surface area contributed by atoms with Crippen molar-refractivity contribution >= 4 is 29.0 Å². The monoisotopic (exact) mass is 324 g/mol. The van der Waals surface area contributed by atoms with Crippen LogP contribution in [0.25, 0.3) is 0 Å². The van der Waals surface area contributed by atoms with Gasteiger partial charge in [0.2, 0.25) is 5.88 Å². The van der Waals surface area contributed by atoms with Gasteiger partial charge in [0, 0.05) is 6.54 Å². The minimum Gasteiger partial charge on any atom is -0.437 e. The number of rotatable bonds is 5. The fraction of sp³-hybridized carbons (Fsp3) is 0.312. The second kappa shape index (κ2) is 7.01. The molecule has 2 rings (SSSR count). The van der Waals surface area contributed by atoms with E-state index in [0.717, 1.165) is 29.8 Å². The van der Waals surface area contributed by atoms with Gasteiger partial charge in [-0.05, 0) is 43.5 Å². The van der Waals surface area contributed by atoms with Gasteiger partial charge in [-0.2, -0.15) is 4.98 Å². The maximum Gasteiger partial charge on any atom is 0.240 e. The Bertz CT molecular complexity index is 644. The van der Waals surface area contributed by atoms with Crippen LogP contribution in [0, 0.1) is 13.8 Å². The molecule has 1 N–H and O–H groups in total. The third-order valence-electron chi connectivity index (χ3n) is 3.20. The van der Waals surface area contributed by atoms with Crippen LogP contribution in [0.5, 0.6) is 11.6 Å². The van der Waals surface area contributed by atoms with Gasteiger partial charge in [0.15, 0.2) is 0 Å². The lowest BCUT2D eigenvalue weighted by atomic mass is 10.1. The lowest BCUT2D eigenvalue weighted by molar-refractivity contribution is 0.460.